The Kier molecular flexibility index (Phi) is 26.8. The standard InChI is InChI=1S/C63H96N8O19/c1-7-8-9-10-19-63(4,82)48-16-11-38-37-31-47(90-60(81)42(65)33-50(73)69-23-25-86-27-29-88-35-52(75)71-44-13-15-46(84-6)54(56(44)77)58(67)79)40-30-36(17-20-61(40,2)39(37)18-21-62(38,48)3)89-59(80)41(64)32-49(72)68-22-24-85-26-28-87-34-51(74)70-43-12-14-45(83-5)53(55(43)76)57(66)78/h12-15,36-42,47-48,76-77,82H,7-11,16-35,64-65H2,1-6H3,(H2,66,78)(H2,67,79)(H,68,72)(H,69,73)(H,70,74)(H,71,75)/t36-,37-,38-,39-,40+,41-,42+,47-,48-,61+,62-,63-/m0/s1. The SMILES string of the molecule is CCCCCC[C@](C)(O)[C@H]1CC[C@H]2[C@@H]3C[C@H](OC(=O)[C@H](N)CC(=O)NCCOCCOCC(=O)Nc4ccc(OC)c(C(N)=O)c4O)[C@H]4C[C@@H](OC(=O)[C@@H](N)CC(=O)NCCOCCOCC(=O)Nc5ccc(OC)c(C(N)=O)c5O)CC[C@]4(C)[C@H]3CC[C@@]21C. The smallest absolute Gasteiger partial charge is 0.323 e. The van der Waals surface area contributed by atoms with Crippen LogP contribution in [0.25, 0.3) is 0 Å². The first kappa shape index (κ1) is 72.2. The molecule has 4 aliphatic rings. The third-order valence-electron chi connectivity index (χ3n) is 19.0. The lowest BCUT2D eigenvalue weighted by Gasteiger charge is -2.63. The summed E-state index contributed by atoms with van der Waals surface area (Å²) >= 11 is 0. The van der Waals surface area contributed by atoms with Crippen LogP contribution in [0.4, 0.5) is 11.4 Å². The van der Waals surface area contributed by atoms with Gasteiger partial charge in [0.05, 0.1) is 83.7 Å². The first-order valence-corrected chi connectivity index (χ1v) is 31.3. The van der Waals surface area contributed by atoms with Crippen molar-refractivity contribution in [1.29, 1.82) is 0 Å². The molecule has 2 aromatic rings. The van der Waals surface area contributed by atoms with Gasteiger partial charge in [-0.05, 0) is 123 Å². The van der Waals surface area contributed by atoms with Gasteiger partial charge in [0.25, 0.3) is 11.8 Å². The second-order valence-corrected chi connectivity index (χ2v) is 24.9. The molecule has 502 valence electrons. The predicted molar refractivity (Wildman–Crippen MR) is 328 cm³/mol. The first-order chi connectivity index (χ1) is 42.8. The minimum atomic E-state index is -1.30. The average Bonchev–Trinajstić information content (AvgIpc) is 1.31. The van der Waals surface area contributed by atoms with Crippen LogP contribution in [0.15, 0.2) is 24.3 Å². The monoisotopic (exact) mass is 1270 g/mol. The lowest BCUT2D eigenvalue weighted by atomic mass is 9.43. The van der Waals surface area contributed by atoms with Gasteiger partial charge < -0.3 is 97.4 Å². The van der Waals surface area contributed by atoms with E-state index in [0.717, 1.165) is 57.8 Å². The highest BCUT2D eigenvalue weighted by molar-refractivity contribution is 6.04. The molecule has 4 aliphatic carbocycles. The van der Waals surface area contributed by atoms with Crippen molar-refractivity contribution < 1.29 is 91.6 Å². The van der Waals surface area contributed by atoms with E-state index >= 15 is 0 Å². The fourth-order valence-corrected chi connectivity index (χ4v) is 14.6. The highest BCUT2D eigenvalue weighted by Crippen LogP contribution is 2.69. The Labute approximate surface area is 525 Å². The molecule has 0 aromatic heterocycles. The first-order valence-electron chi connectivity index (χ1n) is 31.3. The summed E-state index contributed by atoms with van der Waals surface area (Å²) in [4.78, 5) is 102. The predicted octanol–water partition coefficient (Wildman–Crippen LogP) is 3.44. The molecule has 27 heteroatoms. The van der Waals surface area contributed by atoms with Crippen LogP contribution in [0, 0.1) is 40.4 Å². The normalized spacial score (nSPS) is 24.7. The van der Waals surface area contributed by atoms with E-state index in [1.165, 1.54) is 38.5 Å². The Morgan fingerprint density at radius 1 is 0.611 bits per heavy atom. The molecule has 90 heavy (non-hydrogen) atoms. The summed E-state index contributed by atoms with van der Waals surface area (Å²) in [5, 5.41) is 43.2. The van der Waals surface area contributed by atoms with Gasteiger partial charge in [0.15, 0.2) is 11.5 Å². The maximum absolute atomic E-state index is 14.1. The number of aromatic hydroxyl groups is 2. The van der Waals surface area contributed by atoms with E-state index in [4.69, 9.17) is 60.8 Å². The van der Waals surface area contributed by atoms with Crippen LogP contribution >= 0.6 is 0 Å². The van der Waals surface area contributed by atoms with Crippen molar-refractivity contribution in [3.05, 3.63) is 35.4 Å². The van der Waals surface area contributed by atoms with Gasteiger partial charge in [0, 0.05) is 19.0 Å². The number of aliphatic hydroxyl groups is 1. The molecule has 12 atom stereocenters. The van der Waals surface area contributed by atoms with Crippen LogP contribution in [0.3, 0.4) is 0 Å². The molecular formula is C63H96N8O19. The number of fused-ring (bicyclic) bond motifs is 5. The van der Waals surface area contributed by atoms with Gasteiger partial charge in [-0.2, -0.15) is 0 Å². The second kappa shape index (κ2) is 33.4. The molecule has 0 radical (unpaired) electrons. The number of rotatable bonds is 36. The molecular weight excluding hydrogens is 1170 g/mol. The average molecular weight is 1270 g/mol. The number of amides is 6. The minimum absolute atomic E-state index is 0.0116. The fraction of sp³-hybridized carbons (Fsp3) is 0.683. The van der Waals surface area contributed by atoms with Gasteiger partial charge >= 0.3 is 11.9 Å². The van der Waals surface area contributed by atoms with Crippen molar-refractivity contribution in [2.45, 2.75) is 154 Å². The van der Waals surface area contributed by atoms with E-state index in [0.29, 0.717) is 25.7 Å². The zero-order valence-corrected chi connectivity index (χ0v) is 52.9. The molecule has 0 aliphatic heterocycles. The van der Waals surface area contributed by atoms with E-state index in [-0.39, 0.29) is 140 Å². The molecule has 6 amide bonds. The highest BCUT2D eigenvalue weighted by atomic mass is 16.6. The third kappa shape index (κ3) is 18.6. The van der Waals surface area contributed by atoms with Crippen molar-refractivity contribution in [2.75, 3.05) is 90.8 Å². The summed E-state index contributed by atoms with van der Waals surface area (Å²) in [7, 11) is 2.60. The zero-order chi connectivity index (χ0) is 65.9. The summed E-state index contributed by atoms with van der Waals surface area (Å²) in [6.07, 6.45) is 8.95. The number of nitrogens with one attached hydrogen (secondary N) is 4. The number of esters is 2. The molecule has 0 spiro atoms. The summed E-state index contributed by atoms with van der Waals surface area (Å²) in [6, 6.07) is 2.86. The van der Waals surface area contributed by atoms with E-state index in [9.17, 15) is 53.7 Å². The number of carbonyl (C=O) groups is 8. The van der Waals surface area contributed by atoms with Gasteiger partial charge in [-0.3, -0.25) is 38.4 Å². The molecule has 6 rings (SSSR count). The number of anilines is 2. The Hall–Kier alpha value is -6.88. The Balaban J connectivity index is 0.968. The van der Waals surface area contributed by atoms with Gasteiger partial charge in [-0.1, -0.05) is 46.5 Å². The molecule has 0 saturated heterocycles. The Morgan fingerprint density at radius 2 is 1.10 bits per heavy atom. The van der Waals surface area contributed by atoms with Gasteiger partial charge in [-0.25, -0.2) is 0 Å². The lowest BCUT2D eigenvalue weighted by molar-refractivity contribution is -0.202. The van der Waals surface area contributed by atoms with Crippen LogP contribution in [0.1, 0.15) is 145 Å². The number of nitrogens with two attached hydrogens (primary N) is 4. The van der Waals surface area contributed by atoms with E-state index in [1.807, 2.05) is 6.92 Å². The van der Waals surface area contributed by atoms with Crippen LogP contribution in [0.2, 0.25) is 0 Å². The number of phenols is 2. The largest absolute Gasteiger partial charge is 0.505 e. The van der Waals surface area contributed by atoms with Crippen LogP contribution < -0.4 is 53.7 Å². The van der Waals surface area contributed by atoms with Crippen molar-refractivity contribution in [3.63, 3.8) is 0 Å². The molecule has 0 bridgehead atoms. The summed E-state index contributed by atoms with van der Waals surface area (Å²) in [6.45, 7) is 8.50. The summed E-state index contributed by atoms with van der Waals surface area (Å²) in [5.74, 6) is -6.05. The van der Waals surface area contributed by atoms with Gasteiger partial charge in [0.1, 0.15) is 60.1 Å². The van der Waals surface area contributed by atoms with E-state index < -0.39 is 102 Å². The van der Waals surface area contributed by atoms with Crippen LogP contribution in [0.5, 0.6) is 23.0 Å². The Morgan fingerprint density at radius 3 is 1.60 bits per heavy atom. The topological polar surface area (TPSA) is 423 Å². The number of methoxy groups -OCH3 is 2. The lowest BCUT2D eigenvalue weighted by Crippen LogP contribution is -2.60. The number of primary amides is 2. The zero-order valence-electron chi connectivity index (χ0n) is 52.9. The molecule has 0 heterocycles. The van der Waals surface area contributed by atoms with Gasteiger partial charge in [0.2, 0.25) is 23.6 Å². The number of unbranched alkanes of at least 4 members (excludes halogenated alkanes) is 3. The third-order valence-corrected chi connectivity index (χ3v) is 19.0. The van der Waals surface area contributed by atoms with Crippen molar-refractivity contribution >= 4 is 58.8 Å². The second-order valence-electron chi connectivity index (χ2n) is 24.9. The molecule has 0 unspecified atom stereocenters. The number of carbonyl (C=O) groups excluding carboxylic acids is 8. The molecule has 2 aromatic carbocycles. The van der Waals surface area contributed by atoms with E-state index in [2.05, 4.69) is 42.0 Å². The maximum Gasteiger partial charge on any atom is 0.323 e. The van der Waals surface area contributed by atoms with Crippen LogP contribution in [-0.2, 0) is 57.2 Å². The molecule has 4 fully saturated rings. The highest BCUT2D eigenvalue weighted by Gasteiger charge is 2.65. The molecule has 4 saturated carbocycles. The number of hydrogen-bond donors (Lipinski definition) is 11. The minimum Gasteiger partial charge on any atom is -0.505 e. The van der Waals surface area contributed by atoms with Gasteiger partial charge in [-0.15, -0.1) is 0 Å². The van der Waals surface area contributed by atoms with Crippen LogP contribution in [-0.4, -0.2) is 173 Å². The molecule has 27 nitrogen and oxygen atoms in total. The van der Waals surface area contributed by atoms with Crippen molar-refractivity contribution in [3.8, 4) is 23.0 Å². The summed E-state index contributed by atoms with van der Waals surface area (Å²) in [5.41, 5.74) is 21.4. The number of benzene rings is 2. The number of hydrogen-bond acceptors (Lipinski definition) is 21. The fourth-order valence-electron chi connectivity index (χ4n) is 14.6. The van der Waals surface area contributed by atoms with Crippen molar-refractivity contribution in [2.24, 2.45) is 63.4 Å². The Bertz CT molecular complexity index is 2820. The quantitative estimate of drug-likeness (QED) is 0.0264. The van der Waals surface area contributed by atoms with Crippen molar-refractivity contribution in [1.82, 2.24) is 10.6 Å². The molecule has 15 N–H and O–H groups in total. The van der Waals surface area contributed by atoms with E-state index in [1.54, 1.807) is 0 Å². The maximum atomic E-state index is 14.1. The number of ether oxygens (including phenoxy) is 8. The summed E-state index contributed by atoms with van der Waals surface area (Å²) < 4.78 is 44.3.